The molecule has 0 saturated heterocycles. The fourth-order valence-electron chi connectivity index (χ4n) is 3.55. The summed E-state index contributed by atoms with van der Waals surface area (Å²) >= 11 is 0. The first-order chi connectivity index (χ1) is 11.0. The fraction of sp³-hybridized carbons (Fsp3) is 0.381. The summed E-state index contributed by atoms with van der Waals surface area (Å²) < 4.78 is 6.88. The predicted molar refractivity (Wildman–Crippen MR) is 101 cm³/mol. The van der Waals surface area contributed by atoms with Crippen LogP contribution >= 0.6 is 0 Å². The second-order valence-corrected chi connectivity index (χ2v) is 11.9. The van der Waals surface area contributed by atoms with E-state index in [1.54, 1.807) is 0 Å². The van der Waals surface area contributed by atoms with E-state index in [0.717, 1.165) is 6.61 Å². The van der Waals surface area contributed by atoms with Gasteiger partial charge >= 0.3 is 0 Å². The molecule has 1 aliphatic carbocycles. The van der Waals surface area contributed by atoms with Crippen molar-refractivity contribution >= 4 is 18.7 Å². The normalized spacial score (nSPS) is 16.1. The maximum atomic E-state index is 6.88. The van der Waals surface area contributed by atoms with Gasteiger partial charge in [0.2, 0.25) is 0 Å². The van der Waals surface area contributed by atoms with Crippen LogP contribution in [-0.4, -0.2) is 14.9 Å². The van der Waals surface area contributed by atoms with E-state index >= 15 is 0 Å². The molecule has 0 amide bonds. The van der Waals surface area contributed by atoms with Crippen molar-refractivity contribution in [2.24, 2.45) is 5.92 Å². The number of hydrogen-bond donors (Lipinski definition) is 0. The van der Waals surface area contributed by atoms with Gasteiger partial charge in [-0.25, -0.2) is 0 Å². The highest BCUT2D eigenvalue weighted by Gasteiger charge is 2.50. The molecule has 0 heterocycles. The third kappa shape index (κ3) is 3.15. The molecule has 1 fully saturated rings. The average molecular weight is 324 g/mol. The lowest BCUT2D eigenvalue weighted by molar-refractivity contribution is 0.216. The molecule has 0 spiro atoms. The minimum Gasteiger partial charge on any atom is -0.407 e. The molecule has 0 aromatic heterocycles. The van der Waals surface area contributed by atoms with Gasteiger partial charge in [-0.3, -0.25) is 0 Å². The Balaban J connectivity index is 2.08. The van der Waals surface area contributed by atoms with Crippen LogP contribution in [0.2, 0.25) is 5.04 Å². The lowest BCUT2D eigenvalue weighted by Gasteiger charge is -2.44. The zero-order valence-electron chi connectivity index (χ0n) is 14.5. The standard InChI is InChI=1S/C21H27OSi/c1-21(2,3)23(19-13-6-4-7-14-19,20-15-8-5-9-16-20)22-17-18-11-10-12-18/h4-9,11,13-16,18H,10,12,17H2,1-3H3/t18-/m1/s1. The minimum atomic E-state index is -2.31. The third-order valence-corrected chi connectivity index (χ3v) is 9.97. The van der Waals surface area contributed by atoms with Crippen molar-refractivity contribution in [3.05, 3.63) is 67.1 Å². The second kappa shape index (κ2) is 6.62. The zero-order chi connectivity index (χ0) is 16.3. The van der Waals surface area contributed by atoms with Gasteiger partial charge in [-0.2, -0.15) is 0 Å². The van der Waals surface area contributed by atoms with E-state index in [9.17, 15) is 0 Å². The molecule has 121 valence electrons. The summed E-state index contributed by atoms with van der Waals surface area (Å²) in [4.78, 5) is 0. The monoisotopic (exact) mass is 323 g/mol. The summed E-state index contributed by atoms with van der Waals surface area (Å²) in [7, 11) is -2.31. The Morgan fingerprint density at radius 2 is 1.39 bits per heavy atom. The van der Waals surface area contributed by atoms with E-state index in [1.807, 2.05) is 0 Å². The largest absolute Gasteiger partial charge is 0.407 e. The van der Waals surface area contributed by atoms with Gasteiger partial charge in [0, 0.05) is 6.61 Å². The van der Waals surface area contributed by atoms with Crippen LogP contribution < -0.4 is 10.4 Å². The van der Waals surface area contributed by atoms with Gasteiger partial charge in [-0.1, -0.05) is 81.4 Å². The molecule has 0 aliphatic heterocycles. The summed E-state index contributed by atoms with van der Waals surface area (Å²) in [5.41, 5.74) is 0. The van der Waals surface area contributed by atoms with Crippen LogP contribution in [0, 0.1) is 12.3 Å². The molecule has 0 bridgehead atoms. The highest BCUT2D eigenvalue weighted by molar-refractivity contribution is 6.99. The Hall–Kier alpha value is -1.38. The Morgan fingerprint density at radius 1 is 0.913 bits per heavy atom. The van der Waals surface area contributed by atoms with E-state index in [0.29, 0.717) is 5.92 Å². The molecule has 1 radical (unpaired) electrons. The predicted octanol–water partition coefficient (Wildman–Crippen LogP) is 4.18. The van der Waals surface area contributed by atoms with Gasteiger partial charge in [0.25, 0.3) is 8.32 Å². The highest BCUT2D eigenvalue weighted by Crippen LogP contribution is 2.38. The highest BCUT2D eigenvalue weighted by atomic mass is 28.4. The van der Waals surface area contributed by atoms with Crippen LogP contribution in [0.4, 0.5) is 0 Å². The Bertz CT molecular complexity index is 572. The first kappa shape index (κ1) is 16.5. The summed E-state index contributed by atoms with van der Waals surface area (Å²) in [5.74, 6) is 0.636. The molecule has 3 rings (SSSR count). The van der Waals surface area contributed by atoms with Gasteiger partial charge < -0.3 is 4.43 Å². The van der Waals surface area contributed by atoms with Crippen LogP contribution in [0.5, 0.6) is 0 Å². The van der Waals surface area contributed by atoms with Crippen molar-refractivity contribution in [2.75, 3.05) is 6.61 Å². The average Bonchev–Trinajstić information content (AvgIpc) is 2.50. The van der Waals surface area contributed by atoms with Crippen LogP contribution in [0.1, 0.15) is 33.6 Å². The quantitative estimate of drug-likeness (QED) is 0.750. The molecule has 1 aliphatic rings. The summed E-state index contributed by atoms with van der Waals surface area (Å²) in [6, 6.07) is 21.8. The molecule has 23 heavy (non-hydrogen) atoms. The Morgan fingerprint density at radius 3 is 1.74 bits per heavy atom. The number of rotatable bonds is 5. The van der Waals surface area contributed by atoms with E-state index in [2.05, 4.69) is 87.9 Å². The lowest BCUT2D eigenvalue weighted by Crippen LogP contribution is -2.67. The maximum Gasteiger partial charge on any atom is 0.261 e. The first-order valence-electron chi connectivity index (χ1n) is 8.62. The zero-order valence-corrected chi connectivity index (χ0v) is 15.5. The molecule has 1 nitrogen and oxygen atoms in total. The molecule has 1 atom stereocenters. The van der Waals surface area contributed by atoms with E-state index in [4.69, 9.17) is 4.43 Å². The first-order valence-corrected chi connectivity index (χ1v) is 10.5. The van der Waals surface area contributed by atoms with Crippen molar-refractivity contribution in [2.45, 2.75) is 38.7 Å². The number of hydrogen-bond acceptors (Lipinski definition) is 1. The van der Waals surface area contributed by atoms with E-state index in [-0.39, 0.29) is 5.04 Å². The summed E-state index contributed by atoms with van der Waals surface area (Å²) in [6.45, 7) is 7.87. The molecule has 2 heteroatoms. The molecule has 1 saturated carbocycles. The topological polar surface area (TPSA) is 9.23 Å². The molecule has 0 unspecified atom stereocenters. The van der Waals surface area contributed by atoms with Crippen LogP contribution in [0.15, 0.2) is 60.7 Å². The van der Waals surface area contributed by atoms with Crippen LogP contribution in [0.25, 0.3) is 0 Å². The lowest BCUT2D eigenvalue weighted by atomic mass is 9.86. The summed E-state index contributed by atoms with van der Waals surface area (Å²) in [5, 5.41) is 2.83. The van der Waals surface area contributed by atoms with Gasteiger partial charge in [-0.15, -0.1) is 0 Å². The van der Waals surface area contributed by atoms with Gasteiger partial charge in [0.05, 0.1) is 0 Å². The van der Waals surface area contributed by atoms with Crippen molar-refractivity contribution in [1.29, 1.82) is 0 Å². The SMILES string of the molecule is CC(C)(C)[Si](OC[C@@H]1[CH]CC1)(c1ccccc1)c1ccccc1. The van der Waals surface area contributed by atoms with Gasteiger partial charge in [-0.05, 0) is 40.6 Å². The van der Waals surface area contributed by atoms with Crippen LogP contribution in [-0.2, 0) is 4.43 Å². The third-order valence-electron chi connectivity index (χ3n) is 4.97. The van der Waals surface area contributed by atoms with Crippen molar-refractivity contribution in [3.63, 3.8) is 0 Å². The smallest absolute Gasteiger partial charge is 0.261 e. The fourth-order valence-corrected chi connectivity index (χ4v) is 8.17. The van der Waals surface area contributed by atoms with Crippen LogP contribution in [0.3, 0.4) is 0 Å². The van der Waals surface area contributed by atoms with E-state index in [1.165, 1.54) is 23.2 Å². The second-order valence-electron chi connectivity index (χ2n) is 7.55. The van der Waals surface area contributed by atoms with E-state index < -0.39 is 8.32 Å². The molecule has 2 aromatic carbocycles. The van der Waals surface area contributed by atoms with Crippen molar-refractivity contribution in [3.8, 4) is 0 Å². The molecule has 2 aromatic rings. The van der Waals surface area contributed by atoms with Crippen molar-refractivity contribution < 1.29 is 4.43 Å². The van der Waals surface area contributed by atoms with Gasteiger partial charge in [0.15, 0.2) is 0 Å². The maximum absolute atomic E-state index is 6.88. The molecular formula is C21H27OSi. The molecule has 0 N–H and O–H groups in total. The van der Waals surface area contributed by atoms with Gasteiger partial charge in [0.1, 0.15) is 0 Å². The molecular weight excluding hydrogens is 296 g/mol. The Labute approximate surface area is 141 Å². The summed E-state index contributed by atoms with van der Waals surface area (Å²) in [6.07, 6.45) is 4.92. The van der Waals surface area contributed by atoms with Crippen molar-refractivity contribution in [1.82, 2.24) is 0 Å². The Kier molecular flexibility index (Phi) is 4.74. The minimum absolute atomic E-state index is 0.0828. The number of benzene rings is 2.